The molecule has 0 saturated carbocycles. The Kier molecular flexibility index (Phi) is 6.02. The second-order valence-corrected chi connectivity index (χ2v) is 4.36. The Hall–Kier alpha value is -1.88. The molecule has 1 unspecified atom stereocenters. The summed E-state index contributed by atoms with van der Waals surface area (Å²) in [5, 5.41) is 8.64. The zero-order valence-electron chi connectivity index (χ0n) is 11.1. The quantitative estimate of drug-likeness (QED) is 0.765. The predicted molar refractivity (Wildman–Crippen MR) is 72.6 cm³/mol. The lowest BCUT2D eigenvalue weighted by Crippen LogP contribution is -2.45. The largest absolute Gasteiger partial charge is 0.481 e. The average Bonchev–Trinajstić information content (AvgIpc) is 2.40. The fourth-order valence-corrected chi connectivity index (χ4v) is 1.84. The summed E-state index contributed by atoms with van der Waals surface area (Å²) in [4.78, 5) is 24.1. The standard InChI is InChI=1S/C14H20N2O3/c1-2-16(9-8-13(17)18)14(19)12(15)10-11-6-4-3-5-7-11/h3-7,12H,2,8-10,15H2,1H3,(H,17,18). The maximum absolute atomic E-state index is 12.1. The number of likely N-dealkylation sites (N-methyl/N-ethyl adjacent to an activating group) is 1. The number of carbonyl (C=O) groups is 2. The third kappa shape index (κ3) is 5.09. The van der Waals surface area contributed by atoms with Crippen LogP contribution in [-0.2, 0) is 16.0 Å². The van der Waals surface area contributed by atoms with Crippen LogP contribution in [0.1, 0.15) is 18.9 Å². The van der Waals surface area contributed by atoms with Gasteiger partial charge in [-0.05, 0) is 18.9 Å². The smallest absolute Gasteiger partial charge is 0.305 e. The van der Waals surface area contributed by atoms with E-state index in [1.165, 1.54) is 4.90 Å². The van der Waals surface area contributed by atoms with Crippen molar-refractivity contribution in [2.24, 2.45) is 5.73 Å². The van der Waals surface area contributed by atoms with Gasteiger partial charge in [0.05, 0.1) is 12.5 Å². The Labute approximate surface area is 113 Å². The first-order chi connectivity index (χ1) is 9.04. The molecule has 0 saturated heterocycles. The number of rotatable bonds is 7. The lowest BCUT2D eigenvalue weighted by Gasteiger charge is -2.23. The van der Waals surface area contributed by atoms with Crippen LogP contribution >= 0.6 is 0 Å². The molecule has 0 aromatic heterocycles. The number of carboxylic acids is 1. The summed E-state index contributed by atoms with van der Waals surface area (Å²) < 4.78 is 0. The highest BCUT2D eigenvalue weighted by Gasteiger charge is 2.20. The van der Waals surface area contributed by atoms with E-state index in [0.717, 1.165) is 5.56 Å². The van der Waals surface area contributed by atoms with Gasteiger partial charge in [-0.1, -0.05) is 30.3 Å². The van der Waals surface area contributed by atoms with Crippen LogP contribution in [-0.4, -0.2) is 41.0 Å². The summed E-state index contributed by atoms with van der Waals surface area (Å²) in [7, 11) is 0. The molecule has 1 aromatic rings. The molecule has 1 aromatic carbocycles. The first-order valence-corrected chi connectivity index (χ1v) is 6.34. The first-order valence-electron chi connectivity index (χ1n) is 6.34. The van der Waals surface area contributed by atoms with Gasteiger partial charge in [-0.2, -0.15) is 0 Å². The molecule has 0 fully saturated rings. The van der Waals surface area contributed by atoms with Gasteiger partial charge in [0.2, 0.25) is 5.91 Å². The minimum absolute atomic E-state index is 0.0579. The monoisotopic (exact) mass is 264 g/mol. The van der Waals surface area contributed by atoms with E-state index < -0.39 is 12.0 Å². The van der Waals surface area contributed by atoms with Gasteiger partial charge in [0.15, 0.2) is 0 Å². The number of hydrogen-bond donors (Lipinski definition) is 2. The Morgan fingerprint density at radius 2 is 1.95 bits per heavy atom. The zero-order chi connectivity index (χ0) is 14.3. The number of carbonyl (C=O) groups excluding carboxylic acids is 1. The van der Waals surface area contributed by atoms with Crippen LogP contribution in [0.2, 0.25) is 0 Å². The first kappa shape index (κ1) is 15.2. The van der Waals surface area contributed by atoms with Gasteiger partial charge in [0, 0.05) is 13.1 Å². The van der Waals surface area contributed by atoms with Crippen molar-refractivity contribution in [1.29, 1.82) is 0 Å². The Morgan fingerprint density at radius 3 is 2.47 bits per heavy atom. The molecule has 0 aliphatic heterocycles. The third-order valence-corrected chi connectivity index (χ3v) is 2.90. The average molecular weight is 264 g/mol. The highest BCUT2D eigenvalue weighted by Crippen LogP contribution is 2.05. The van der Waals surface area contributed by atoms with Crippen LogP contribution in [0.25, 0.3) is 0 Å². The molecule has 0 bridgehead atoms. The van der Waals surface area contributed by atoms with Crippen molar-refractivity contribution in [3.63, 3.8) is 0 Å². The van der Waals surface area contributed by atoms with Crippen molar-refractivity contribution in [2.45, 2.75) is 25.8 Å². The number of benzene rings is 1. The molecule has 0 spiro atoms. The van der Waals surface area contributed by atoms with Gasteiger partial charge in [-0.3, -0.25) is 9.59 Å². The molecule has 0 aliphatic carbocycles. The van der Waals surface area contributed by atoms with Gasteiger partial charge in [-0.15, -0.1) is 0 Å². The summed E-state index contributed by atoms with van der Waals surface area (Å²) in [6.45, 7) is 2.48. The van der Waals surface area contributed by atoms with E-state index in [2.05, 4.69) is 0 Å². The Bertz CT molecular complexity index is 420. The molecular formula is C14H20N2O3. The molecule has 0 aliphatic rings. The SMILES string of the molecule is CCN(CCC(=O)O)C(=O)C(N)Cc1ccccc1. The van der Waals surface area contributed by atoms with E-state index in [4.69, 9.17) is 10.8 Å². The van der Waals surface area contributed by atoms with Gasteiger partial charge in [0.25, 0.3) is 0 Å². The summed E-state index contributed by atoms with van der Waals surface area (Å²) in [6.07, 6.45) is 0.404. The van der Waals surface area contributed by atoms with E-state index >= 15 is 0 Å². The molecule has 0 radical (unpaired) electrons. The lowest BCUT2D eigenvalue weighted by atomic mass is 10.1. The predicted octanol–water partition coefficient (Wildman–Crippen LogP) is 0.880. The molecule has 1 atom stereocenters. The fraction of sp³-hybridized carbons (Fsp3) is 0.429. The second-order valence-electron chi connectivity index (χ2n) is 4.36. The molecule has 3 N–H and O–H groups in total. The number of nitrogens with zero attached hydrogens (tertiary/aromatic N) is 1. The Morgan fingerprint density at radius 1 is 1.32 bits per heavy atom. The normalized spacial score (nSPS) is 11.9. The van der Waals surface area contributed by atoms with Crippen LogP contribution in [0.15, 0.2) is 30.3 Å². The minimum atomic E-state index is -0.914. The number of nitrogens with two attached hydrogens (primary N) is 1. The van der Waals surface area contributed by atoms with E-state index in [1.807, 2.05) is 37.3 Å². The topological polar surface area (TPSA) is 83.6 Å². The third-order valence-electron chi connectivity index (χ3n) is 2.90. The van der Waals surface area contributed by atoms with Crippen molar-refractivity contribution in [3.8, 4) is 0 Å². The van der Waals surface area contributed by atoms with Gasteiger partial charge in [0.1, 0.15) is 0 Å². The highest BCUT2D eigenvalue weighted by molar-refractivity contribution is 5.82. The van der Waals surface area contributed by atoms with Crippen LogP contribution in [0.3, 0.4) is 0 Å². The van der Waals surface area contributed by atoms with Crippen molar-refractivity contribution < 1.29 is 14.7 Å². The number of carboxylic acid groups (broad SMARTS) is 1. The molecular weight excluding hydrogens is 244 g/mol. The van der Waals surface area contributed by atoms with Crippen molar-refractivity contribution in [1.82, 2.24) is 4.90 Å². The zero-order valence-corrected chi connectivity index (χ0v) is 11.1. The van der Waals surface area contributed by atoms with E-state index in [0.29, 0.717) is 13.0 Å². The maximum Gasteiger partial charge on any atom is 0.305 e. The van der Waals surface area contributed by atoms with Crippen LogP contribution < -0.4 is 5.73 Å². The van der Waals surface area contributed by atoms with Crippen LogP contribution in [0, 0.1) is 0 Å². The molecule has 0 heterocycles. The Balaban J connectivity index is 2.56. The number of aliphatic carboxylic acids is 1. The molecule has 5 heteroatoms. The fourth-order valence-electron chi connectivity index (χ4n) is 1.84. The summed E-state index contributed by atoms with van der Waals surface area (Å²) in [5.41, 5.74) is 6.89. The molecule has 19 heavy (non-hydrogen) atoms. The maximum atomic E-state index is 12.1. The van der Waals surface area contributed by atoms with Crippen molar-refractivity contribution in [3.05, 3.63) is 35.9 Å². The lowest BCUT2D eigenvalue weighted by molar-refractivity contribution is -0.138. The van der Waals surface area contributed by atoms with E-state index in [9.17, 15) is 9.59 Å². The molecule has 1 rings (SSSR count). The van der Waals surface area contributed by atoms with Gasteiger partial charge < -0.3 is 15.7 Å². The van der Waals surface area contributed by atoms with Gasteiger partial charge in [-0.25, -0.2) is 0 Å². The van der Waals surface area contributed by atoms with E-state index in [-0.39, 0.29) is 18.9 Å². The second kappa shape index (κ2) is 7.53. The van der Waals surface area contributed by atoms with Crippen molar-refractivity contribution in [2.75, 3.05) is 13.1 Å². The summed E-state index contributed by atoms with van der Waals surface area (Å²) >= 11 is 0. The molecule has 104 valence electrons. The minimum Gasteiger partial charge on any atom is -0.481 e. The molecule has 1 amide bonds. The van der Waals surface area contributed by atoms with Gasteiger partial charge >= 0.3 is 5.97 Å². The van der Waals surface area contributed by atoms with Crippen LogP contribution in [0.4, 0.5) is 0 Å². The number of amides is 1. The summed E-state index contributed by atoms with van der Waals surface area (Å²) in [6, 6.07) is 8.91. The van der Waals surface area contributed by atoms with Crippen LogP contribution in [0.5, 0.6) is 0 Å². The summed E-state index contributed by atoms with van der Waals surface area (Å²) in [5.74, 6) is -1.12. The highest BCUT2D eigenvalue weighted by atomic mass is 16.4. The van der Waals surface area contributed by atoms with Crippen molar-refractivity contribution >= 4 is 11.9 Å². The molecule has 5 nitrogen and oxygen atoms in total. The van der Waals surface area contributed by atoms with E-state index in [1.54, 1.807) is 0 Å². The number of hydrogen-bond acceptors (Lipinski definition) is 3.